The molecule has 5 nitrogen and oxygen atoms in total. The summed E-state index contributed by atoms with van der Waals surface area (Å²) in [5, 5.41) is 6.74. The lowest BCUT2D eigenvalue weighted by Gasteiger charge is -2.32. The van der Waals surface area contributed by atoms with Gasteiger partial charge in [-0.15, -0.1) is 0 Å². The van der Waals surface area contributed by atoms with Gasteiger partial charge in [0.25, 0.3) is 0 Å². The van der Waals surface area contributed by atoms with E-state index in [-0.39, 0.29) is 18.0 Å². The molecule has 3 amide bonds. The van der Waals surface area contributed by atoms with Crippen molar-refractivity contribution in [2.24, 2.45) is 0 Å². The molecule has 1 aliphatic heterocycles. The van der Waals surface area contributed by atoms with E-state index in [1.165, 1.54) is 5.56 Å². The van der Waals surface area contributed by atoms with Crippen molar-refractivity contribution in [3.63, 3.8) is 0 Å². The zero-order valence-corrected chi connectivity index (χ0v) is 16.6. The summed E-state index contributed by atoms with van der Waals surface area (Å²) in [6.45, 7) is 1.29. The molecule has 2 N–H and O–H groups in total. The van der Waals surface area contributed by atoms with Crippen LogP contribution in [0.5, 0.6) is 0 Å². The van der Waals surface area contributed by atoms with E-state index in [1.54, 1.807) is 4.90 Å². The molecule has 1 aliphatic rings. The normalized spacial score (nSPS) is 14.5. The number of urea groups is 1. The fourth-order valence-electron chi connectivity index (χ4n) is 3.35. The van der Waals surface area contributed by atoms with Crippen LogP contribution in [0.4, 0.5) is 10.5 Å². The fraction of sp³-hybridized carbons (Fsp3) is 0.364. The molecule has 0 spiro atoms. The highest BCUT2D eigenvalue weighted by Gasteiger charge is 2.23. The van der Waals surface area contributed by atoms with Crippen molar-refractivity contribution < 1.29 is 9.59 Å². The number of para-hydroxylation sites is 1. The molecular formula is C22H26ClN3O2. The number of rotatable bonds is 6. The maximum atomic E-state index is 12.3. The summed E-state index contributed by atoms with van der Waals surface area (Å²) < 4.78 is 0. The highest BCUT2D eigenvalue weighted by Crippen LogP contribution is 2.14. The largest absolute Gasteiger partial charge is 0.353 e. The Labute approximate surface area is 171 Å². The predicted octanol–water partition coefficient (Wildman–Crippen LogP) is 4.48. The first-order valence-corrected chi connectivity index (χ1v) is 10.1. The number of hydrogen-bond acceptors (Lipinski definition) is 2. The van der Waals surface area contributed by atoms with Gasteiger partial charge in [0.15, 0.2) is 0 Å². The van der Waals surface area contributed by atoms with Crippen LogP contribution in [0, 0.1) is 0 Å². The van der Waals surface area contributed by atoms with Crippen LogP contribution in [0.3, 0.4) is 0 Å². The second-order valence-corrected chi connectivity index (χ2v) is 7.54. The number of nitrogens with zero attached hydrogens (tertiary/aromatic N) is 1. The van der Waals surface area contributed by atoms with Gasteiger partial charge >= 0.3 is 6.03 Å². The maximum absolute atomic E-state index is 12.3. The van der Waals surface area contributed by atoms with Gasteiger partial charge < -0.3 is 15.5 Å². The topological polar surface area (TPSA) is 61.4 Å². The number of benzene rings is 2. The highest BCUT2D eigenvalue weighted by atomic mass is 35.5. The van der Waals surface area contributed by atoms with Crippen molar-refractivity contribution in [1.29, 1.82) is 0 Å². The molecule has 148 valence electrons. The third-order valence-corrected chi connectivity index (χ3v) is 5.21. The Kier molecular flexibility index (Phi) is 7.31. The molecule has 6 heteroatoms. The number of hydrogen-bond donors (Lipinski definition) is 2. The number of piperidine rings is 1. The van der Waals surface area contributed by atoms with E-state index in [2.05, 4.69) is 10.6 Å². The van der Waals surface area contributed by atoms with Crippen LogP contribution in [0.1, 0.15) is 31.2 Å². The molecule has 1 fully saturated rings. The van der Waals surface area contributed by atoms with Gasteiger partial charge in [-0.2, -0.15) is 0 Å². The van der Waals surface area contributed by atoms with E-state index >= 15 is 0 Å². The monoisotopic (exact) mass is 399 g/mol. The quantitative estimate of drug-likeness (QED) is 0.752. The zero-order chi connectivity index (χ0) is 19.8. The molecule has 3 rings (SSSR count). The molecule has 1 saturated heterocycles. The lowest BCUT2D eigenvalue weighted by atomic mass is 10.0. The molecule has 1 heterocycles. The molecule has 28 heavy (non-hydrogen) atoms. The average Bonchev–Trinajstić information content (AvgIpc) is 2.71. The molecule has 0 radical (unpaired) electrons. The van der Waals surface area contributed by atoms with Crippen molar-refractivity contribution in [1.82, 2.24) is 10.2 Å². The van der Waals surface area contributed by atoms with Crippen LogP contribution in [0.2, 0.25) is 5.02 Å². The Morgan fingerprint density at radius 3 is 2.36 bits per heavy atom. The van der Waals surface area contributed by atoms with E-state index in [4.69, 9.17) is 11.6 Å². The minimum absolute atomic E-state index is 0.0843. The predicted molar refractivity (Wildman–Crippen MR) is 113 cm³/mol. The average molecular weight is 400 g/mol. The molecule has 0 bridgehead atoms. The number of carbonyl (C=O) groups is 2. The second-order valence-electron chi connectivity index (χ2n) is 7.11. The van der Waals surface area contributed by atoms with Crippen molar-refractivity contribution in [2.75, 3.05) is 18.4 Å². The fourth-order valence-corrected chi connectivity index (χ4v) is 3.48. The van der Waals surface area contributed by atoms with Crippen LogP contribution in [-0.4, -0.2) is 36.0 Å². The molecule has 2 aromatic rings. The lowest BCUT2D eigenvalue weighted by molar-refractivity contribution is -0.122. The number of carbonyl (C=O) groups excluding carboxylic acids is 2. The summed E-state index contributed by atoms with van der Waals surface area (Å²) in [5.74, 6) is 0.0844. The Hall–Kier alpha value is -2.53. The van der Waals surface area contributed by atoms with E-state index in [0.717, 1.165) is 36.4 Å². The summed E-state index contributed by atoms with van der Waals surface area (Å²) in [7, 11) is 0. The Morgan fingerprint density at radius 2 is 1.68 bits per heavy atom. The highest BCUT2D eigenvalue weighted by molar-refractivity contribution is 6.30. The number of halogens is 1. The molecule has 0 aromatic heterocycles. The molecular weight excluding hydrogens is 374 g/mol. The zero-order valence-electron chi connectivity index (χ0n) is 15.9. The number of nitrogens with one attached hydrogen (secondary N) is 2. The second kappa shape index (κ2) is 10.1. The van der Waals surface area contributed by atoms with Gasteiger partial charge in [-0.25, -0.2) is 4.79 Å². The summed E-state index contributed by atoms with van der Waals surface area (Å²) in [6.07, 6.45) is 3.75. The molecule has 0 aliphatic carbocycles. The van der Waals surface area contributed by atoms with Crippen molar-refractivity contribution in [2.45, 2.75) is 38.1 Å². The van der Waals surface area contributed by atoms with Gasteiger partial charge in [0, 0.05) is 36.3 Å². The van der Waals surface area contributed by atoms with E-state index in [0.29, 0.717) is 19.5 Å². The van der Waals surface area contributed by atoms with Gasteiger partial charge in [0.05, 0.1) is 0 Å². The van der Waals surface area contributed by atoms with Gasteiger partial charge in [-0.05, 0) is 55.5 Å². The van der Waals surface area contributed by atoms with Gasteiger partial charge in [0.1, 0.15) is 0 Å². The number of anilines is 1. The van der Waals surface area contributed by atoms with Gasteiger partial charge in [-0.1, -0.05) is 41.9 Å². The standard InChI is InChI=1S/C22H26ClN3O2/c23-18-11-9-17(10-12-18)5-4-8-21(27)24-20-13-15-26(16-14-20)22(28)25-19-6-2-1-3-7-19/h1-3,6-7,9-12,20H,4-5,8,13-16H2,(H,24,27)(H,25,28). The smallest absolute Gasteiger partial charge is 0.321 e. The molecule has 0 atom stereocenters. The summed E-state index contributed by atoms with van der Waals surface area (Å²) >= 11 is 5.88. The van der Waals surface area contributed by atoms with E-state index in [9.17, 15) is 9.59 Å². The Bertz CT molecular complexity index is 772. The first kappa shape index (κ1) is 20.2. The van der Waals surface area contributed by atoms with Crippen LogP contribution >= 0.6 is 11.6 Å². The van der Waals surface area contributed by atoms with Crippen LogP contribution in [-0.2, 0) is 11.2 Å². The number of amides is 3. The molecule has 2 aromatic carbocycles. The van der Waals surface area contributed by atoms with E-state index in [1.807, 2.05) is 54.6 Å². The third kappa shape index (κ3) is 6.27. The van der Waals surface area contributed by atoms with Crippen LogP contribution in [0.15, 0.2) is 54.6 Å². The number of aryl methyl sites for hydroxylation is 1. The van der Waals surface area contributed by atoms with Crippen LogP contribution in [0.25, 0.3) is 0 Å². The maximum Gasteiger partial charge on any atom is 0.321 e. The first-order chi connectivity index (χ1) is 13.6. The summed E-state index contributed by atoms with van der Waals surface area (Å²) in [4.78, 5) is 26.3. The Morgan fingerprint density at radius 1 is 1.00 bits per heavy atom. The molecule has 0 unspecified atom stereocenters. The molecule has 0 saturated carbocycles. The SMILES string of the molecule is O=C(CCCc1ccc(Cl)cc1)NC1CCN(C(=O)Nc2ccccc2)CC1. The minimum Gasteiger partial charge on any atom is -0.353 e. The van der Waals surface area contributed by atoms with Crippen molar-refractivity contribution in [3.05, 3.63) is 65.2 Å². The Balaban J connectivity index is 1.33. The third-order valence-electron chi connectivity index (χ3n) is 4.95. The minimum atomic E-state index is -0.0843. The lowest BCUT2D eigenvalue weighted by Crippen LogP contribution is -2.47. The number of likely N-dealkylation sites (tertiary alicyclic amines) is 1. The van der Waals surface area contributed by atoms with Crippen molar-refractivity contribution in [3.8, 4) is 0 Å². The van der Waals surface area contributed by atoms with Gasteiger partial charge in [0.2, 0.25) is 5.91 Å². The first-order valence-electron chi connectivity index (χ1n) is 9.75. The van der Waals surface area contributed by atoms with Gasteiger partial charge in [-0.3, -0.25) is 4.79 Å². The van der Waals surface area contributed by atoms with Crippen LogP contribution < -0.4 is 10.6 Å². The summed E-state index contributed by atoms with van der Waals surface area (Å²) in [5.41, 5.74) is 1.98. The summed E-state index contributed by atoms with van der Waals surface area (Å²) in [6, 6.07) is 17.2. The van der Waals surface area contributed by atoms with E-state index < -0.39 is 0 Å². The van der Waals surface area contributed by atoms with Crippen molar-refractivity contribution >= 4 is 29.2 Å².